The van der Waals surface area contributed by atoms with Gasteiger partial charge in [0.2, 0.25) is 5.89 Å². The Morgan fingerprint density at radius 1 is 0.962 bits per heavy atom. The molecule has 4 rings (SSSR count). The van der Waals surface area contributed by atoms with E-state index in [0.29, 0.717) is 40.0 Å². The van der Waals surface area contributed by atoms with Gasteiger partial charge in [-0.25, -0.2) is 0 Å². The fraction of sp³-hybridized carbons (Fsp3) is 0. The lowest BCUT2D eigenvalue weighted by Crippen LogP contribution is -2.11. The molecule has 0 atom stereocenters. The van der Waals surface area contributed by atoms with Crippen molar-refractivity contribution < 1.29 is 13.6 Å². The normalized spacial score (nSPS) is 10.6. The summed E-state index contributed by atoms with van der Waals surface area (Å²) in [5.74, 6) is 0.891. The van der Waals surface area contributed by atoms with Crippen molar-refractivity contribution in [2.75, 3.05) is 11.1 Å². The molecule has 1 amide bonds. The van der Waals surface area contributed by atoms with Crippen LogP contribution in [0.25, 0.3) is 23.1 Å². The molecule has 0 saturated heterocycles. The first-order valence-corrected chi connectivity index (χ1v) is 7.84. The Balaban J connectivity index is 1.55. The van der Waals surface area contributed by atoms with Gasteiger partial charge >= 0.3 is 0 Å². The molecule has 128 valence electrons. The lowest BCUT2D eigenvalue weighted by atomic mass is 10.1. The Bertz CT molecular complexity index is 1040. The fourth-order valence-corrected chi connectivity index (χ4v) is 2.41. The maximum absolute atomic E-state index is 12.3. The Kier molecular flexibility index (Phi) is 3.95. The van der Waals surface area contributed by atoms with Crippen molar-refractivity contribution in [2.45, 2.75) is 0 Å². The molecule has 4 aromatic rings. The molecule has 26 heavy (non-hydrogen) atoms. The fourth-order valence-electron chi connectivity index (χ4n) is 2.41. The van der Waals surface area contributed by atoms with Gasteiger partial charge in [-0.1, -0.05) is 6.07 Å². The molecule has 0 aliphatic rings. The van der Waals surface area contributed by atoms with Crippen LogP contribution in [0.3, 0.4) is 0 Å². The highest BCUT2D eigenvalue weighted by Crippen LogP contribution is 2.26. The molecule has 7 heteroatoms. The van der Waals surface area contributed by atoms with Crippen molar-refractivity contribution in [2.24, 2.45) is 0 Å². The Morgan fingerprint density at radius 3 is 2.54 bits per heavy atom. The number of nitrogen functional groups attached to an aromatic ring is 1. The molecule has 0 aliphatic carbocycles. The van der Waals surface area contributed by atoms with Crippen molar-refractivity contribution >= 4 is 17.3 Å². The van der Waals surface area contributed by atoms with Crippen LogP contribution < -0.4 is 11.1 Å². The minimum Gasteiger partial charge on any atom is -0.459 e. The highest BCUT2D eigenvalue weighted by Gasteiger charge is 2.13. The highest BCUT2D eigenvalue weighted by atomic mass is 16.4. The molecule has 0 bridgehead atoms. The molecular weight excluding hydrogens is 332 g/mol. The van der Waals surface area contributed by atoms with Gasteiger partial charge in [0.15, 0.2) is 5.76 Å². The summed E-state index contributed by atoms with van der Waals surface area (Å²) in [6, 6.07) is 17.3. The van der Waals surface area contributed by atoms with Crippen molar-refractivity contribution in [3.63, 3.8) is 0 Å². The van der Waals surface area contributed by atoms with E-state index >= 15 is 0 Å². The minimum absolute atomic E-state index is 0.232. The van der Waals surface area contributed by atoms with Crippen LogP contribution in [-0.2, 0) is 0 Å². The van der Waals surface area contributed by atoms with Crippen LogP contribution in [0.1, 0.15) is 10.4 Å². The molecule has 2 aromatic carbocycles. The maximum atomic E-state index is 12.3. The number of amides is 1. The Morgan fingerprint density at radius 2 is 1.77 bits per heavy atom. The monoisotopic (exact) mass is 346 g/mol. The average molecular weight is 346 g/mol. The summed E-state index contributed by atoms with van der Waals surface area (Å²) in [6.45, 7) is 0. The van der Waals surface area contributed by atoms with Gasteiger partial charge in [-0.05, 0) is 54.6 Å². The molecule has 2 heterocycles. The summed E-state index contributed by atoms with van der Waals surface area (Å²) in [5.41, 5.74) is 8.06. The van der Waals surface area contributed by atoms with Gasteiger partial charge in [-0.15, -0.1) is 10.2 Å². The van der Waals surface area contributed by atoms with Gasteiger partial charge < -0.3 is 19.9 Å². The summed E-state index contributed by atoms with van der Waals surface area (Å²) in [4.78, 5) is 12.3. The smallest absolute Gasteiger partial charge is 0.283 e. The lowest BCUT2D eigenvalue weighted by molar-refractivity contribution is 0.102. The molecule has 0 fully saturated rings. The molecule has 0 unspecified atom stereocenters. The average Bonchev–Trinajstić information content (AvgIpc) is 3.34. The van der Waals surface area contributed by atoms with Crippen molar-refractivity contribution in [1.82, 2.24) is 10.2 Å². The maximum Gasteiger partial charge on any atom is 0.283 e. The van der Waals surface area contributed by atoms with E-state index in [-0.39, 0.29) is 5.91 Å². The quantitative estimate of drug-likeness (QED) is 0.544. The molecular formula is C19H14N4O3. The van der Waals surface area contributed by atoms with Crippen LogP contribution in [0.4, 0.5) is 11.4 Å². The van der Waals surface area contributed by atoms with Crippen LogP contribution in [0.5, 0.6) is 0 Å². The summed E-state index contributed by atoms with van der Waals surface area (Å²) in [6.07, 6.45) is 1.53. The predicted molar refractivity (Wildman–Crippen MR) is 96.2 cm³/mol. The number of carbonyl (C=O) groups is 1. The van der Waals surface area contributed by atoms with E-state index in [1.165, 1.54) is 6.26 Å². The zero-order chi connectivity index (χ0) is 17.9. The van der Waals surface area contributed by atoms with Gasteiger partial charge in [0.25, 0.3) is 11.8 Å². The van der Waals surface area contributed by atoms with Crippen LogP contribution >= 0.6 is 0 Å². The lowest BCUT2D eigenvalue weighted by Gasteiger charge is -2.06. The molecule has 3 N–H and O–H groups in total. The van der Waals surface area contributed by atoms with Gasteiger partial charge in [0, 0.05) is 22.5 Å². The van der Waals surface area contributed by atoms with Crippen molar-refractivity contribution in [3.05, 3.63) is 72.5 Å². The minimum atomic E-state index is -0.232. The second-order valence-corrected chi connectivity index (χ2v) is 5.55. The zero-order valence-corrected chi connectivity index (χ0v) is 13.5. The third-order valence-corrected chi connectivity index (χ3v) is 3.70. The van der Waals surface area contributed by atoms with Crippen LogP contribution in [-0.4, -0.2) is 16.1 Å². The summed E-state index contributed by atoms with van der Waals surface area (Å²) in [7, 11) is 0. The number of rotatable bonds is 4. The highest BCUT2D eigenvalue weighted by molar-refractivity contribution is 6.04. The third kappa shape index (κ3) is 3.18. The first kappa shape index (κ1) is 15.6. The summed E-state index contributed by atoms with van der Waals surface area (Å²) in [5, 5.41) is 10.8. The van der Waals surface area contributed by atoms with Gasteiger partial charge in [0.05, 0.1) is 6.26 Å². The Labute approximate surface area is 148 Å². The van der Waals surface area contributed by atoms with E-state index in [1.807, 2.05) is 6.07 Å². The first-order valence-electron chi connectivity index (χ1n) is 7.84. The van der Waals surface area contributed by atoms with Gasteiger partial charge in [-0.2, -0.15) is 0 Å². The molecule has 0 radical (unpaired) electrons. The molecule has 0 aliphatic heterocycles. The molecule has 7 nitrogen and oxygen atoms in total. The number of anilines is 2. The number of benzene rings is 2. The predicted octanol–water partition coefficient (Wildman–Crippen LogP) is 3.83. The standard InChI is InChI=1S/C19H14N4O3/c20-14-8-6-12(7-9-14)17(24)21-15-4-1-3-13(11-15)18-22-23-19(26-18)16-5-2-10-25-16/h1-11H,20H2,(H,21,24). The number of aromatic nitrogens is 2. The van der Waals surface area contributed by atoms with E-state index in [1.54, 1.807) is 54.6 Å². The number of carbonyl (C=O) groups excluding carboxylic acids is 1. The van der Waals surface area contributed by atoms with Gasteiger partial charge in [-0.3, -0.25) is 4.79 Å². The first-order chi connectivity index (χ1) is 12.7. The number of nitrogens with one attached hydrogen (secondary N) is 1. The topological polar surface area (TPSA) is 107 Å². The number of furan rings is 1. The Hall–Kier alpha value is -3.87. The van der Waals surface area contributed by atoms with Crippen molar-refractivity contribution in [3.8, 4) is 23.1 Å². The molecule has 0 saturated carbocycles. The third-order valence-electron chi connectivity index (χ3n) is 3.70. The second-order valence-electron chi connectivity index (χ2n) is 5.55. The van der Waals surface area contributed by atoms with Crippen LogP contribution in [0.2, 0.25) is 0 Å². The number of hydrogen-bond donors (Lipinski definition) is 2. The van der Waals surface area contributed by atoms with Crippen molar-refractivity contribution in [1.29, 1.82) is 0 Å². The largest absolute Gasteiger partial charge is 0.459 e. The van der Waals surface area contributed by atoms with E-state index in [0.717, 1.165) is 0 Å². The number of hydrogen-bond acceptors (Lipinski definition) is 6. The molecule has 0 spiro atoms. The number of nitrogens with zero attached hydrogens (tertiary/aromatic N) is 2. The van der Waals surface area contributed by atoms with E-state index in [2.05, 4.69) is 15.5 Å². The second kappa shape index (κ2) is 6.56. The summed E-state index contributed by atoms with van der Waals surface area (Å²) < 4.78 is 10.9. The molecule has 2 aromatic heterocycles. The summed E-state index contributed by atoms with van der Waals surface area (Å²) >= 11 is 0. The van der Waals surface area contributed by atoms with E-state index < -0.39 is 0 Å². The SMILES string of the molecule is Nc1ccc(C(=O)Nc2cccc(-c3nnc(-c4ccco4)o3)c2)cc1. The van der Waals surface area contributed by atoms with E-state index in [9.17, 15) is 4.79 Å². The van der Waals surface area contributed by atoms with E-state index in [4.69, 9.17) is 14.6 Å². The number of nitrogens with two attached hydrogens (primary N) is 1. The van der Waals surface area contributed by atoms with Crippen LogP contribution in [0, 0.1) is 0 Å². The van der Waals surface area contributed by atoms with Crippen LogP contribution in [0.15, 0.2) is 75.8 Å². The zero-order valence-electron chi connectivity index (χ0n) is 13.5. The van der Waals surface area contributed by atoms with Gasteiger partial charge in [0.1, 0.15) is 0 Å².